The minimum atomic E-state index is -0.429. The molecule has 3 heterocycles. The van der Waals surface area contributed by atoms with Gasteiger partial charge in [0.2, 0.25) is 11.8 Å². The third-order valence-corrected chi connectivity index (χ3v) is 6.85. The van der Waals surface area contributed by atoms with E-state index in [4.69, 9.17) is 4.74 Å². The van der Waals surface area contributed by atoms with Gasteiger partial charge in [0.15, 0.2) is 5.17 Å². The Bertz CT molecular complexity index is 1030. The number of benzene rings is 1. The molecule has 3 aliphatic heterocycles. The number of amides is 2. The predicted octanol–water partition coefficient (Wildman–Crippen LogP) is 2.95. The van der Waals surface area contributed by atoms with Gasteiger partial charge in [0, 0.05) is 31.8 Å². The van der Waals surface area contributed by atoms with Crippen molar-refractivity contribution in [2.45, 2.75) is 38.6 Å². The maximum absolute atomic E-state index is 12.7. The van der Waals surface area contributed by atoms with Crippen molar-refractivity contribution in [2.24, 2.45) is 4.99 Å². The van der Waals surface area contributed by atoms with Crippen molar-refractivity contribution in [3.63, 3.8) is 0 Å². The number of esters is 1. The average Bonchev–Trinajstić information content (AvgIpc) is 3.41. The van der Waals surface area contributed by atoms with Crippen LogP contribution < -0.4 is 5.32 Å². The summed E-state index contributed by atoms with van der Waals surface area (Å²) in [5.41, 5.74) is 2.80. The Labute approximate surface area is 197 Å². The van der Waals surface area contributed by atoms with Gasteiger partial charge in [-0.1, -0.05) is 42.1 Å². The quantitative estimate of drug-likeness (QED) is 0.466. The highest BCUT2D eigenvalue weighted by molar-refractivity contribution is 8.16. The zero-order valence-corrected chi connectivity index (χ0v) is 19.7. The van der Waals surface area contributed by atoms with E-state index in [1.165, 1.54) is 18.9 Å². The summed E-state index contributed by atoms with van der Waals surface area (Å²) in [5.74, 6) is -0.335. The number of methoxy groups -OCH3 is 1. The second-order valence-corrected chi connectivity index (χ2v) is 9.00. The van der Waals surface area contributed by atoms with Crippen LogP contribution in [0.5, 0.6) is 0 Å². The summed E-state index contributed by atoms with van der Waals surface area (Å²) in [4.78, 5) is 45.5. The Kier molecular flexibility index (Phi) is 7.17. The lowest BCUT2D eigenvalue weighted by molar-refractivity contribution is -0.136. The maximum atomic E-state index is 12.7. The van der Waals surface area contributed by atoms with Gasteiger partial charge in [-0.05, 0) is 30.7 Å². The number of rotatable bonds is 8. The third-order valence-electron chi connectivity index (χ3n) is 5.96. The van der Waals surface area contributed by atoms with E-state index in [-0.39, 0.29) is 18.2 Å². The number of carbonyl (C=O) groups excluding carboxylic acids is 3. The van der Waals surface area contributed by atoms with Crippen molar-refractivity contribution in [2.75, 3.05) is 26.7 Å². The van der Waals surface area contributed by atoms with Crippen molar-refractivity contribution in [3.05, 3.63) is 58.3 Å². The summed E-state index contributed by atoms with van der Waals surface area (Å²) in [6, 6.07) is 9.29. The lowest BCUT2D eigenvalue weighted by Crippen LogP contribution is -2.38. The van der Waals surface area contributed by atoms with Gasteiger partial charge in [-0.3, -0.25) is 9.59 Å². The molecular formula is C24H28N4O4S. The molecule has 2 amide bonds. The first kappa shape index (κ1) is 23.1. The summed E-state index contributed by atoms with van der Waals surface area (Å²) in [7, 11) is 1.36. The molecule has 0 aliphatic carbocycles. The number of likely N-dealkylation sites (tertiary alicyclic amines) is 1. The topological polar surface area (TPSA) is 91.3 Å². The van der Waals surface area contributed by atoms with Gasteiger partial charge in [0.1, 0.15) is 0 Å². The number of nitrogens with zero attached hydrogens (tertiary/aromatic N) is 3. The first-order chi connectivity index (χ1) is 16.0. The first-order valence-electron chi connectivity index (χ1n) is 11.1. The molecule has 0 aromatic heterocycles. The molecule has 3 aliphatic rings. The Morgan fingerprint density at radius 1 is 1.27 bits per heavy atom. The number of carbonyl (C=O) groups is 3. The van der Waals surface area contributed by atoms with Crippen LogP contribution in [0.25, 0.3) is 0 Å². The minimum Gasteiger partial charge on any atom is -0.466 e. The summed E-state index contributed by atoms with van der Waals surface area (Å²) >= 11 is 1.45. The Balaban J connectivity index is 1.45. The maximum Gasteiger partial charge on any atom is 0.338 e. The monoisotopic (exact) mass is 468 g/mol. The van der Waals surface area contributed by atoms with Crippen LogP contribution in [0.3, 0.4) is 0 Å². The van der Waals surface area contributed by atoms with Gasteiger partial charge >= 0.3 is 5.97 Å². The van der Waals surface area contributed by atoms with Crippen molar-refractivity contribution in [1.82, 2.24) is 15.1 Å². The summed E-state index contributed by atoms with van der Waals surface area (Å²) in [6.07, 6.45) is 2.44. The van der Waals surface area contributed by atoms with E-state index in [2.05, 4.69) is 10.3 Å². The normalized spacial score (nSPS) is 19.9. The van der Waals surface area contributed by atoms with Gasteiger partial charge in [-0.2, -0.15) is 0 Å². The van der Waals surface area contributed by atoms with E-state index in [1.807, 2.05) is 52.5 Å². The predicted molar refractivity (Wildman–Crippen MR) is 127 cm³/mol. The molecule has 1 aromatic rings. The average molecular weight is 469 g/mol. The molecular weight excluding hydrogens is 440 g/mol. The molecule has 1 aromatic carbocycles. The number of fused-ring (bicyclic) bond motifs is 1. The van der Waals surface area contributed by atoms with E-state index in [0.717, 1.165) is 35.8 Å². The summed E-state index contributed by atoms with van der Waals surface area (Å²) in [5, 5.41) is 5.62. The number of aliphatic imine (C=N–C) groups is 1. The summed E-state index contributed by atoms with van der Waals surface area (Å²) in [6.45, 7) is 3.80. The highest BCUT2D eigenvalue weighted by atomic mass is 32.2. The molecule has 1 saturated heterocycles. The zero-order valence-electron chi connectivity index (χ0n) is 18.9. The van der Waals surface area contributed by atoms with Gasteiger partial charge in [0.25, 0.3) is 0 Å². The van der Waals surface area contributed by atoms with Crippen LogP contribution >= 0.6 is 11.8 Å². The van der Waals surface area contributed by atoms with Gasteiger partial charge in [-0.15, -0.1) is 0 Å². The SMILES string of the molecule is COC(=O)C1=C(C)N=C2SC=C(CC(=O)NCCCN3CCCC3=O)N2[C@H]1c1ccccc1. The number of ether oxygens (including phenoxy) is 1. The number of nitrogens with one attached hydrogen (secondary N) is 1. The highest BCUT2D eigenvalue weighted by Gasteiger charge is 2.40. The van der Waals surface area contributed by atoms with Crippen LogP contribution in [0.1, 0.15) is 44.2 Å². The number of thioether (sulfide) groups is 1. The molecule has 0 bridgehead atoms. The molecule has 174 valence electrons. The van der Waals surface area contributed by atoms with Gasteiger partial charge < -0.3 is 19.9 Å². The van der Waals surface area contributed by atoms with Crippen molar-refractivity contribution in [1.29, 1.82) is 0 Å². The fraction of sp³-hybridized carbons (Fsp3) is 0.417. The molecule has 0 spiro atoms. The Morgan fingerprint density at radius 2 is 2.06 bits per heavy atom. The molecule has 1 atom stereocenters. The van der Waals surface area contributed by atoms with Crippen molar-refractivity contribution in [3.8, 4) is 0 Å². The lowest BCUT2D eigenvalue weighted by Gasteiger charge is -2.36. The lowest BCUT2D eigenvalue weighted by atomic mass is 9.94. The number of amidine groups is 1. The second kappa shape index (κ2) is 10.2. The van der Waals surface area contributed by atoms with Crippen LogP contribution in [-0.2, 0) is 19.1 Å². The molecule has 0 saturated carbocycles. The van der Waals surface area contributed by atoms with Crippen LogP contribution in [0, 0.1) is 0 Å². The molecule has 8 nitrogen and oxygen atoms in total. The number of hydrogen-bond donors (Lipinski definition) is 1. The highest BCUT2D eigenvalue weighted by Crippen LogP contribution is 2.44. The van der Waals surface area contributed by atoms with E-state index >= 15 is 0 Å². The summed E-state index contributed by atoms with van der Waals surface area (Å²) < 4.78 is 5.07. The molecule has 33 heavy (non-hydrogen) atoms. The fourth-order valence-electron chi connectivity index (χ4n) is 4.36. The van der Waals surface area contributed by atoms with Crippen molar-refractivity contribution < 1.29 is 19.1 Å². The van der Waals surface area contributed by atoms with Gasteiger partial charge in [0.05, 0.1) is 30.8 Å². The third kappa shape index (κ3) is 4.98. The first-order valence-corrected chi connectivity index (χ1v) is 12.0. The minimum absolute atomic E-state index is 0.103. The van der Waals surface area contributed by atoms with Crippen LogP contribution in [-0.4, -0.2) is 59.5 Å². The molecule has 0 radical (unpaired) electrons. The second-order valence-electron chi connectivity index (χ2n) is 8.16. The van der Waals surface area contributed by atoms with Crippen molar-refractivity contribution >= 4 is 34.7 Å². The van der Waals surface area contributed by atoms with Gasteiger partial charge in [-0.25, -0.2) is 9.79 Å². The standard InChI is InChI=1S/C24H28N4O4S/c1-16-21(23(31)32-2)22(17-8-4-3-5-9-17)28-18(15-33-24(28)26-16)14-19(29)25-11-7-13-27-12-6-10-20(27)30/h3-5,8-9,15,22H,6-7,10-14H2,1-2H3,(H,25,29)/t22-/m0/s1. The molecule has 1 N–H and O–H groups in total. The number of hydrogen-bond acceptors (Lipinski definition) is 7. The smallest absolute Gasteiger partial charge is 0.338 e. The Morgan fingerprint density at radius 3 is 2.76 bits per heavy atom. The Hall–Kier alpha value is -3.07. The van der Waals surface area contributed by atoms with E-state index < -0.39 is 12.0 Å². The largest absolute Gasteiger partial charge is 0.466 e. The van der Waals surface area contributed by atoms with E-state index in [9.17, 15) is 14.4 Å². The molecule has 9 heteroatoms. The molecule has 0 unspecified atom stereocenters. The molecule has 1 fully saturated rings. The van der Waals surface area contributed by atoms with E-state index in [0.29, 0.717) is 30.8 Å². The zero-order chi connectivity index (χ0) is 23.4. The van der Waals surface area contributed by atoms with Crippen LogP contribution in [0.4, 0.5) is 0 Å². The van der Waals surface area contributed by atoms with Crippen LogP contribution in [0.15, 0.2) is 57.7 Å². The molecule has 4 rings (SSSR count). The van der Waals surface area contributed by atoms with E-state index in [1.54, 1.807) is 0 Å². The van der Waals surface area contributed by atoms with Crippen LogP contribution in [0.2, 0.25) is 0 Å². The fourth-order valence-corrected chi connectivity index (χ4v) is 5.32. The number of allylic oxidation sites excluding steroid dienone is 1.